The normalized spacial score (nSPS) is 22.2. The van der Waals surface area contributed by atoms with Crippen molar-refractivity contribution in [3.05, 3.63) is 0 Å². The van der Waals surface area contributed by atoms with Crippen LogP contribution in [0.25, 0.3) is 0 Å². The molecule has 0 spiro atoms. The summed E-state index contributed by atoms with van der Waals surface area (Å²) in [5.41, 5.74) is 2.44. The molecule has 1 unspecified atom stereocenters. The number of carboxylic acids is 1. The Balaban J connectivity index is 2.69. The molecular formula is C14H25N3O5. The fourth-order valence-corrected chi connectivity index (χ4v) is 2.65. The van der Waals surface area contributed by atoms with Crippen LogP contribution in [0.2, 0.25) is 0 Å². The first kappa shape index (κ1) is 18.2. The van der Waals surface area contributed by atoms with Gasteiger partial charge in [0, 0.05) is 13.1 Å². The number of carbonyl (C=O) groups excluding carboxylic acids is 2. The number of nitrogens with two attached hydrogens (primary N) is 1. The predicted molar refractivity (Wildman–Crippen MR) is 79.0 cm³/mol. The van der Waals surface area contributed by atoms with E-state index in [1.165, 1.54) is 4.90 Å². The van der Waals surface area contributed by atoms with Crippen molar-refractivity contribution < 1.29 is 24.6 Å². The molecule has 22 heavy (non-hydrogen) atoms. The van der Waals surface area contributed by atoms with Crippen LogP contribution in [-0.4, -0.2) is 58.3 Å². The van der Waals surface area contributed by atoms with Crippen molar-refractivity contribution in [1.82, 2.24) is 10.2 Å². The highest BCUT2D eigenvalue weighted by Gasteiger charge is 2.41. The van der Waals surface area contributed by atoms with E-state index < -0.39 is 28.9 Å². The van der Waals surface area contributed by atoms with Gasteiger partial charge in [-0.05, 0) is 25.7 Å². The number of aliphatic carboxylic acids is 1. The number of carboxylic acid groups (broad SMARTS) is 1. The lowest BCUT2D eigenvalue weighted by atomic mass is 9.82. The zero-order valence-corrected chi connectivity index (χ0v) is 13.1. The van der Waals surface area contributed by atoms with Gasteiger partial charge in [0.2, 0.25) is 0 Å². The van der Waals surface area contributed by atoms with E-state index in [1.807, 2.05) is 0 Å². The molecule has 1 aliphatic heterocycles. The minimum atomic E-state index is -1.71. The van der Waals surface area contributed by atoms with Crippen LogP contribution in [0.1, 0.15) is 39.5 Å². The van der Waals surface area contributed by atoms with E-state index in [4.69, 9.17) is 5.73 Å². The summed E-state index contributed by atoms with van der Waals surface area (Å²) < 4.78 is 0. The Labute approximate surface area is 129 Å². The summed E-state index contributed by atoms with van der Waals surface area (Å²) in [7, 11) is 0. The number of carbonyl (C=O) groups is 3. The number of nitrogens with zero attached hydrogens (tertiary/aromatic N) is 1. The summed E-state index contributed by atoms with van der Waals surface area (Å²) in [6, 6.07) is -0.494. The topological polar surface area (TPSA) is 133 Å². The first-order chi connectivity index (χ1) is 10.2. The molecule has 0 aromatic heterocycles. The van der Waals surface area contributed by atoms with Crippen LogP contribution in [0.3, 0.4) is 0 Å². The molecule has 3 amide bonds. The Morgan fingerprint density at radius 1 is 1.32 bits per heavy atom. The Morgan fingerprint density at radius 3 is 2.36 bits per heavy atom. The number of hydrogen-bond acceptors (Lipinski definition) is 4. The molecule has 8 nitrogen and oxygen atoms in total. The van der Waals surface area contributed by atoms with Gasteiger partial charge >= 0.3 is 12.0 Å². The maximum atomic E-state index is 12.2. The molecule has 1 rings (SSSR count). The van der Waals surface area contributed by atoms with Gasteiger partial charge in [-0.25, -0.2) is 4.79 Å². The second kappa shape index (κ2) is 6.95. The highest BCUT2D eigenvalue weighted by Crippen LogP contribution is 2.26. The molecule has 1 atom stereocenters. The van der Waals surface area contributed by atoms with Crippen LogP contribution in [0.5, 0.6) is 0 Å². The summed E-state index contributed by atoms with van der Waals surface area (Å²) in [5, 5.41) is 22.0. The third-order valence-electron chi connectivity index (χ3n) is 4.60. The van der Waals surface area contributed by atoms with Gasteiger partial charge in [0.15, 0.2) is 5.60 Å². The van der Waals surface area contributed by atoms with Crippen molar-refractivity contribution in [2.75, 3.05) is 19.6 Å². The second-order valence-corrected chi connectivity index (χ2v) is 5.87. The Kier molecular flexibility index (Phi) is 5.76. The van der Waals surface area contributed by atoms with Crippen molar-refractivity contribution in [2.45, 2.75) is 45.1 Å². The molecule has 0 aromatic rings. The van der Waals surface area contributed by atoms with Crippen LogP contribution in [-0.2, 0) is 9.59 Å². The minimum absolute atomic E-state index is 0.000331. The zero-order chi connectivity index (χ0) is 17.0. The van der Waals surface area contributed by atoms with Gasteiger partial charge in [-0.3, -0.25) is 9.59 Å². The third-order valence-corrected chi connectivity index (χ3v) is 4.60. The van der Waals surface area contributed by atoms with Gasteiger partial charge in [0.05, 0.1) is 12.0 Å². The number of aliphatic hydroxyl groups is 1. The van der Waals surface area contributed by atoms with Crippen LogP contribution >= 0.6 is 0 Å². The lowest BCUT2D eigenvalue weighted by Gasteiger charge is -2.37. The van der Waals surface area contributed by atoms with Crippen molar-refractivity contribution in [1.29, 1.82) is 0 Å². The average molecular weight is 315 g/mol. The van der Waals surface area contributed by atoms with Crippen molar-refractivity contribution >= 4 is 17.9 Å². The van der Waals surface area contributed by atoms with Gasteiger partial charge in [-0.2, -0.15) is 0 Å². The van der Waals surface area contributed by atoms with Gasteiger partial charge in [0.1, 0.15) is 0 Å². The molecule has 1 fully saturated rings. The molecule has 5 N–H and O–H groups in total. The Morgan fingerprint density at radius 2 is 1.91 bits per heavy atom. The van der Waals surface area contributed by atoms with Crippen LogP contribution in [0.4, 0.5) is 4.79 Å². The van der Waals surface area contributed by atoms with E-state index in [1.54, 1.807) is 13.8 Å². The van der Waals surface area contributed by atoms with Crippen molar-refractivity contribution in [3.8, 4) is 0 Å². The number of hydrogen-bond donors (Lipinski definition) is 4. The predicted octanol–water partition coefficient (Wildman–Crippen LogP) is -0.101. The number of amides is 3. The smallest absolute Gasteiger partial charge is 0.317 e. The standard InChI is InChI=1S/C14H25N3O5/c1-3-13(4-2,11(19)20)8-16-12(21)17-7-5-6-14(22,9-17)10(15)18/h22H,3-9H2,1-2H3,(H2,15,18)(H,16,21)(H,19,20). The van der Waals surface area contributed by atoms with Crippen LogP contribution in [0.15, 0.2) is 0 Å². The molecule has 0 saturated carbocycles. The lowest BCUT2D eigenvalue weighted by molar-refractivity contribution is -0.149. The number of rotatable bonds is 6. The number of primary amides is 1. The first-order valence-corrected chi connectivity index (χ1v) is 7.49. The van der Waals surface area contributed by atoms with E-state index in [2.05, 4.69) is 5.32 Å². The zero-order valence-electron chi connectivity index (χ0n) is 13.1. The van der Waals surface area contributed by atoms with Gasteiger partial charge in [-0.15, -0.1) is 0 Å². The summed E-state index contributed by atoms with van der Waals surface area (Å²) in [4.78, 5) is 36.1. The lowest BCUT2D eigenvalue weighted by Crippen LogP contribution is -2.59. The highest BCUT2D eigenvalue weighted by atomic mass is 16.4. The molecule has 1 saturated heterocycles. The largest absolute Gasteiger partial charge is 0.481 e. The highest BCUT2D eigenvalue weighted by molar-refractivity contribution is 5.85. The monoisotopic (exact) mass is 315 g/mol. The van der Waals surface area contributed by atoms with Gasteiger partial charge in [0.25, 0.3) is 5.91 Å². The molecule has 126 valence electrons. The first-order valence-electron chi connectivity index (χ1n) is 7.49. The number of likely N-dealkylation sites (tertiary alicyclic amines) is 1. The maximum Gasteiger partial charge on any atom is 0.317 e. The summed E-state index contributed by atoms with van der Waals surface area (Å²) in [6.45, 7) is 3.74. The molecule has 0 aliphatic carbocycles. The van der Waals surface area contributed by atoms with Crippen LogP contribution < -0.4 is 11.1 Å². The number of β-amino-alcohol motifs (C(OH)–C–C–N with tert-alkyl or cyclic N) is 1. The molecular weight excluding hydrogens is 290 g/mol. The number of piperidine rings is 1. The van der Waals surface area contributed by atoms with Gasteiger partial charge < -0.3 is 26.2 Å². The van der Waals surface area contributed by atoms with Gasteiger partial charge in [-0.1, -0.05) is 13.8 Å². The minimum Gasteiger partial charge on any atom is -0.481 e. The maximum absolute atomic E-state index is 12.2. The molecule has 8 heteroatoms. The summed E-state index contributed by atoms with van der Waals surface area (Å²) in [6.07, 6.45) is 1.46. The molecule has 0 aromatic carbocycles. The molecule has 0 radical (unpaired) electrons. The van der Waals surface area contributed by atoms with Crippen molar-refractivity contribution in [3.63, 3.8) is 0 Å². The fourth-order valence-electron chi connectivity index (χ4n) is 2.65. The Hall–Kier alpha value is -1.83. The third kappa shape index (κ3) is 3.68. The van der Waals surface area contributed by atoms with Crippen molar-refractivity contribution in [2.24, 2.45) is 11.1 Å². The number of nitrogens with one attached hydrogen (secondary N) is 1. The average Bonchev–Trinajstić information content (AvgIpc) is 2.48. The number of urea groups is 1. The van der Waals surface area contributed by atoms with E-state index >= 15 is 0 Å². The van der Waals surface area contributed by atoms with E-state index in [9.17, 15) is 24.6 Å². The summed E-state index contributed by atoms with van der Waals surface area (Å²) >= 11 is 0. The molecule has 0 bridgehead atoms. The SMILES string of the molecule is CCC(CC)(CNC(=O)N1CCCC(O)(C(N)=O)C1)C(=O)O. The van der Waals surface area contributed by atoms with E-state index in [0.29, 0.717) is 25.8 Å². The van der Waals surface area contributed by atoms with E-state index in [-0.39, 0.29) is 19.5 Å². The Bertz CT molecular complexity index is 450. The fraction of sp³-hybridized carbons (Fsp3) is 0.786. The van der Waals surface area contributed by atoms with E-state index in [0.717, 1.165) is 0 Å². The summed E-state index contributed by atoms with van der Waals surface area (Å²) in [5.74, 6) is -1.81. The van der Waals surface area contributed by atoms with Crippen LogP contribution in [0, 0.1) is 5.41 Å². The molecule has 1 aliphatic rings. The second-order valence-electron chi connectivity index (χ2n) is 5.87. The quantitative estimate of drug-likeness (QED) is 0.543. The molecule has 1 heterocycles.